The zero-order chi connectivity index (χ0) is 28.2. The molecule has 0 spiro atoms. The molecule has 0 radical (unpaired) electrons. The number of nitrogens with zero attached hydrogens (tertiary/aromatic N) is 5. The van der Waals surface area contributed by atoms with Crippen LogP contribution in [-0.2, 0) is 11.8 Å². The number of fused-ring (bicyclic) bond motifs is 1. The van der Waals surface area contributed by atoms with Crippen LogP contribution in [0.3, 0.4) is 0 Å². The zero-order valence-electron chi connectivity index (χ0n) is 22.5. The minimum Gasteiger partial charge on any atom is -0.344 e. The maximum Gasteiger partial charge on any atom is 0.271 e. The van der Waals surface area contributed by atoms with Gasteiger partial charge in [0, 0.05) is 35.3 Å². The van der Waals surface area contributed by atoms with E-state index in [1.54, 1.807) is 40.6 Å². The molecule has 0 bridgehead atoms. The normalized spacial score (nSPS) is 18.4. The molecule has 0 unspecified atom stereocenters. The van der Waals surface area contributed by atoms with E-state index in [4.69, 9.17) is 0 Å². The summed E-state index contributed by atoms with van der Waals surface area (Å²) in [6.45, 7) is 5.61. The van der Waals surface area contributed by atoms with Crippen LogP contribution in [0.5, 0.6) is 0 Å². The van der Waals surface area contributed by atoms with Gasteiger partial charge in [0.1, 0.15) is 5.69 Å². The minimum atomic E-state index is -0.895. The first-order chi connectivity index (χ1) is 19.2. The standard InChI is InChI=1S/C30H28N6O3S/c1-18-25(31-17-40-18)28(38)33-27-26(19-8-6-5-7-9-19)35(29(39)30(27,2)3)21-10-12-23-20(14-21)15-32-36(23)22-11-13-24(37)34(4)16-22/h5-17,26-27H,1-4H3,(H,33,38)/t26-,27-/m0/s1. The number of hydrogen-bond acceptors (Lipinski definition) is 6. The van der Waals surface area contributed by atoms with Gasteiger partial charge >= 0.3 is 0 Å². The van der Waals surface area contributed by atoms with E-state index in [0.717, 1.165) is 27.0 Å². The molecule has 1 aliphatic heterocycles. The number of benzene rings is 2. The van der Waals surface area contributed by atoms with Crippen molar-refractivity contribution in [2.75, 3.05) is 4.90 Å². The van der Waals surface area contributed by atoms with Gasteiger partial charge in [-0.1, -0.05) is 30.3 Å². The van der Waals surface area contributed by atoms with Crippen molar-refractivity contribution in [2.45, 2.75) is 32.9 Å². The van der Waals surface area contributed by atoms with Crippen molar-refractivity contribution in [3.05, 3.63) is 105 Å². The van der Waals surface area contributed by atoms with E-state index in [2.05, 4.69) is 15.4 Å². The fraction of sp³-hybridized carbons (Fsp3) is 0.233. The Morgan fingerprint density at radius 3 is 2.48 bits per heavy atom. The Labute approximate surface area is 234 Å². The molecule has 2 atom stereocenters. The molecule has 40 heavy (non-hydrogen) atoms. The molecule has 2 amide bonds. The molecule has 4 heterocycles. The third-order valence-corrected chi connectivity index (χ3v) is 8.43. The minimum absolute atomic E-state index is 0.0912. The molecule has 1 aliphatic rings. The summed E-state index contributed by atoms with van der Waals surface area (Å²) in [4.78, 5) is 46.2. The topological polar surface area (TPSA) is 102 Å². The second kappa shape index (κ2) is 9.56. The monoisotopic (exact) mass is 552 g/mol. The lowest BCUT2D eigenvalue weighted by Crippen LogP contribution is -2.46. The summed E-state index contributed by atoms with van der Waals surface area (Å²) in [5.41, 5.74) is 4.26. The quantitative estimate of drug-likeness (QED) is 0.348. The van der Waals surface area contributed by atoms with E-state index in [0.29, 0.717) is 11.4 Å². The Morgan fingerprint density at radius 2 is 1.77 bits per heavy atom. The van der Waals surface area contributed by atoms with Gasteiger partial charge in [0.2, 0.25) is 11.5 Å². The highest BCUT2D eigenvalue weighted by molar-refractivity contribution is 7.09. The van der Waals surface area contributed by atoms with Gasteiger partial charge < -0.3 is 14.8 Å². The van der Waals surface area contributed by atoms with E-state index in [1.165, 1.54) is 22.0 Å². The van der Waals surface area contributed by atoms with Gasteiger partial charge in [-0.05, 0) is 50.6 Å². The van der Waals surface area contributed by atoms with Crippen LogP contribution in [0.25, 0.3) is 16.6 Å². The van der Waals surface area contributed by atoms with Crippen LogP contribution in [0.15, 0.2) is 83.4 Å². The van der Waals surface area contributed by atoms with Gasteiger partial charge in [0.05, 0.1) is 40.4 Å². The number of amides is 2. The molecule has 6 rings (SSSR count). The van der Waals surface area contributed by atoms with Crippen LogP contribution in [0.2, 0.25) is 0 Å². The molecule has 202 valence electrons. The van der Waals surface area contributed by atoms with Gasteiger partial charge in [0.15, 0.2) is 0 Å². The van der Waals surface area contributed by atoms with Crippen molar-refractivity contribution in [1.82, 2.24) is 24.6 Å². The van der Waals surface area contributed by atoms with E-state index in [1.807, 2.05) is 69.3 Å². The van der Waals surface area contributed by atoms with Gasteiger partial charge in [-0.2, -0.15) is 5.10 Å². The third-order valence-electron chi connectivity index (χ3n) is 7.67. The molecule has 0 saturated carbocycles. The lowest BCUT2D eigenvalue weighted by molar-refractivity contribution is -0.124. The molecule has 1 N–H and O–H groups in total. The average molecular weight is 553 g/mol. The SMILES string of the molecule is Cc1scnc1C(=O)N[C@H]1[C@H](c2ccccc2)N(c2ccc3c(cnn3-c3ccc(=O)n(C)c3)c2)C(=O)C1(C)C. The summed E-state index contributed by atoms with van der Waals surface area (Å²) in [5.74, 6) is -0.382. The predicted octanol–water partition coefficient (Wildman–Crippen LogP) is 4.40. The first-order valence-electron chi connectivity index (χ1n) is 12.9. The third kappa shape index (κ3) is 4.12. The predicted molar refractivity (Wildman–Crippen MR) is 155 cm³/mol. The fourth-order valence-electron chi connectivity index (χ4n) is 5.46. The summed E-state index contributed by atoms with van der Waals surface area (Å²) in [6.07, 6.45) is 3.48. The Morgan fingerprint density at radius 1 is 1.02 bits per heavy atom. The highest BCUT2D eigenvalue weighted by Crippen LogP contribution is 2.47. The molecular formula is C30H28N6O3S. The van der Waals surface area contributed by atoms with Crippen molar-refractivity contribution >= 4 is 39.7 Å². The van der Waals surface area contributed by atoms with Gasteiger partial charge in [-0.15, -0.1) is 11.3 Å². The van der Waals surface area contributed by atoms with Crippen molar-refractivity contribution in [3.63, 3.8) is 0 Å². The van der Waals surface area contributed by atoms with Crippen LogP contribution in [-0.4, -0.2) is 37.2 Å². The summed E-state index contributed by atoms with van der Waals surface area (Å²) < 4.78 is 3.27. The first kappa shape index (κ1) is 25.7. The van der Waals surface area contributed by atoms with E-state index in [9.17, 15) is 14.4 Å². The lowest BCUT2D eigenvalue weighted by Gasteiger charge is -2.30. The number of nitrogens with one attached hydrogen (secondary N) is 1. The summed E-state index contributed by atoms with van der Waals surface area (Å²) in [5, 5.41) is 8.56. The zero-order valence-corrected chi connectivity index (χ0v) is 23.3. The maximum atomic E-state index is 14.1. The molecule has 0 aliphatic carbocycles. The Hall–Kier alpha value is -4.57. The molecule has 9 nitrogen and oxygen atoms in total. The number of carbonyl (C=O) groups is 2. The first-order valence-corrected chi connectivity index (χ1v) is 13.8. The second-order valence-corrected chi connectivity index (χ2v) is 11.7. The fourth-order valence-corrected chi connectivity index (χ4v) is 6.03. The van der Waals surface area contributed by atoms with Crippen LogP contribution in [0.4, 0.5) is 5.69 Å². The van der Waals surface area contributed by atoms with Gasteiger partial charge in [-0.3, -0.25) is 14.4 Å². The largest absolute Gasteiger partial charge is 0.344 e. The highest BCUT2D eigenvalue weighted by atomic mass is 32.1. The number of hydrogen-bond donors (Lipinski definition) is 1. The highest BCUT2D eigenvalue weighted by Gasteiger charge is 2.55. The number of anilines is 1. The van der Waals surface area contributed by atoms with Crippen molar-refractivity contribution < 1.29 is 9.59 Å². The van der Waals surface area contributed by atoms with Crippen molar-refractivity contribution in [1.29, 1.82) is 0 Å². The molecular weight excluding hydrogens is 524 g/mol. The molecule has 3 aromatic heterocycles. The Kier molecular flexibility index (Phi) is 6.14. The Balaban J connectivity index is 1.43. The number of carbonyl (C=O) groups excluding carboxylic acids is 2. The van der Waals surface area contributed by atoms with Crippen molar-refractivity contribution in [2.24, 2.45) is 12.5 Å². The summed E-state index contributed by atoms with van der Waals surface area (Å²) in [6, 6.07) is 17.8. The number of pyridine rings is 1. The van der Waals surface area contributed by atoms with Crippen molar-refractivity contribution in [3.8, 4) is 5.69 Å². The molecule has 10 heteroatoms. The van der Waals surface area contributed by atoms with E-state index >= 15 is 0 Å². The van der Waals surface area contributed by atoms with Crippen LogP contribution >= 0.6 is 11.3 Å². The molecule has 1 saturated heterocycles. The van der Waals surface area contributed by atoms with Gasteiger partial charge in [0.25, 0.3) is 5.91 Å². The van der Waals surface area contributed by atoms with E-state index in [-0.39, 0.29) is 17.4 Å². The number of rotatable bonds is 5. The van der Waals surface area contributed by atoms with Crippen LogP contribution < -0.4 is 15.8 Å². The number of aryl methyl sites for hydroxylation is 2. The van der Waals surface area contributed by atoms with E-state index < -0.39 is 17.5 Å². The lowest BCUT2D eigenvalue weighted by atomic mass is 9.82. The maximum absolute atomic E-state index is 14.1. The smallest absolute Gasteiger partial charge is 0.271 e. The molecule has 2 aromatic carbocycles. The van der Waals surface area contributed by atoms with Crippen LogP contribution in [0, 0.1) is 12.3 Å². The average Bonchev–Trinajstić information content (AvgIpc) is 3.62. The summed E-state index contributed by atoms with van der Waals surface area (Å²) >= 11 is 1.41. The van der Waals surface area contributed by atoms with Crippen LogP contribution in [0.1, 0.15) is 40.8 Å². The number of aromatic nitrogens is 4. The second-order valence-electron chi connectivity index (χ2n) is 10.6. The molecule has 1 fully saturated rings. The molecule has 5 aromatic rings. The Bertz CT molecular complexity index is 1820. The summed E-state index contributed by atoms with van der Waals surface area (Å²) in [7, 11) is 1.70. The number of thiazole rings is 1. The van der Waals surface area contributed by atoms with Gasteiger partial charge in [-0.25, -0.2) is 9.67 Å².